The molecule has 0 aliphatic carbocycles. The minimum atomic E-state index is 1.15. The van der Waals surface area contributed by atoms with E-state index < -0.39 is 0 Å². The summed E-state index contributed by atoms with van der Waals surface area (Å²) in [5.74, 6) is 0. The Balaban J connectivity index is 1.09. The molecular formula is C42H28N2S3. The summed E-state index contributed by atoms with van der Waals surface area (Å²) in [7, 11) is 0. The molecule has 1 aliphatic rings. The number of fused-ring (bicyclic) bond motifs is 5. The van der Waals surface area contributed by atoms with Crippen molar-refractivity contribution < 1.29 is 0 Å². The summed E-state index contributed by atoms with van der Waals surface area (Å²) in [5.41, 5.74) is 6.90. The summed E-state index contributed by atoms with van der Waals surface area (Å²) in [5, 5.41) is 2.62. The molecule has 1 aliphatic heterocycles. The van der Waals surface area contributed by atoms with Crippen molar-refractivity contribution in [1.82, 2.24) is 0 Å². The number of anilines is 6. The van der Waals surface area contributed by atoms with Crippen molar-refractivity contribution in [3.8, 4) is 0 Å². The fourth-order valence-electron chi connectivity index (χ4n) is 6.32. The number of rotatable bonds is 6. The maximum absolute atomic E-state index is 2.38. The van der Waals surface area contributed by atoms with Gasteiger partial charge in [-0.05, 0) is 97.1 Å². The standard InChI is InChI=1S/C42H28N2S3/c1-4-12-29(13-5-1)43(30-14-6-2-7-15-30)33-21-24-39-41(27-33)46-40-25-22-34(28-42(40)47-39)44(31-16-8-3-9-17-31)32-20-23-38-36(26-32)35-18-10-11-19-37(35)45-38/h1-28H. The van der Waals surface area contributed by atoms with E-state index in [1.54, 1.807) is 0 Å². The number of thiophene rings is 1. The first-order chi connectivity index (χ1) is 23.3. The summed E-state index contributed by atoms with van der Waals surface area (Å²) < 4.78 is 2.64. The molecule has 7 aromatic carbocycles. The lowest BCUT2D eigenvalue weighted by Crippen LogP contribution is -2.10. The Bertz CT molecular complexity index is 2330. The first-order valence-corrected chi connectivity index (χ1v) is 18.0. The molecule has 0 bridgehead atoms. The van der Waals surface area contributed by atoms with Crippen LogP contribution in [-0.2, 0) is 0 Å². The zero-order valence-electron chi connectivity index (χ0n) is 25.3. The average Bonchev–Trinajstić information content (AvgIpc) is 3.50. The Morgan fingerprint density at radius 2 is 0.723 bits per heavy atom. The van der Waals surface area contributed by atoms with Gasteiger partial charge in [-0.25, -0.2) is 0 Å². The lowest BCUT2D eigenvalue weighted by atomic mass is 10.1. The van der Waals surface area contributed by atoms with Crippen molar-refractivity contribution in [2.24, 2.45) is 0 Å². The predicted molar refractivity (Wildman–Crippen MR) is 203 cm³/mol. The number of nitrogens with zero attached hydrogens (tertiary/aromatic N) is 2. The van der Waals surface area contributed by atoms with Gasteiger partial charge in [0, 0.05) is 73.9 Å². The van der Waals surface area contributed by atoms with Gasteiger partial charge >= 0.3 is 0 Å². The van der Waals surface area contributed by atoms with Gasteiger partial charge in [0.15, 0.2) is 0 Å². The predicted octanol–water partition coefficient (Wildman–Crippen LogP) is 13.6. The van der Waals surface area contributed by atoms with Gasteiger partial charge in [-0.15, -0.1) is 11.3 Å². The molecule has 0 saturated heterocycles. The van der Waals surface area contributed by atoms with Gasteiger partial charge in [0.1, 0.15) is 0 Å². The maximum Gasteiger partial charge on any atom is 0.0473 e. The monoisotopic (exact) mass is 656 g/mol. The zero-order valence-corrected chi connectivity index (χ0v) is 27.7. The van der Waals surface area contributed by atoms with Crippen LogP contribution in [0.5, 0.6) is 0 Å². The van der Waals surface area contributed by atoms with Crippen LogP contribution >= 0.6 is 34.9 Å². The molecule has 0 fully saturated rings. The van der Waals surface area contributed by atoms with E-state index in [4.69, 9.17) is 0 Å². The van der Waals surface area contributed by atoms with Crippen molar-refractivity contribution in [2.75, 3.05) is 9.80 Å². The highest BCUT2D eigenvalue weighted by Gasteiger charge is 2.22. The minimum absolute atomic E-state index is 1.15. The highest BCUT2D eigenvalue weighted by molar-refractivity contribution is 8.05. The molecule has 0 saturated carbocycles. The normalized spacial score (nSPS) is 12.1. The van der Waals surface area contributed by atoms with Crippen molar-refractivity contribution in [1.29, 1.82) is 0 Å². The third-order valence-corrected chi connectivity index (χ3v) is 12.1. The quantitative estimate of drug-likeness (QED) is 0.176. The lowest BCUT2D eigenvalue weighted by molar-refractivity contribution is 1.13. The van der Waals surface area contributed by atoms with Crippen LogP contribution in [0.25, 0.3) is 20.2 Å². The molecule has 47 heavy (non-hydrogen) atoms. The molecule has 2 heterocycles. The van der Waals surface area contributed by atoms with E-state index in [-0.39, 0.29) is 0 Å². The van der Waals surface area contributed by atoms with Crippen LogP contribution in [0.4, 0.5) is 34.1 Å². The van der Waals surface area contributed by atoms with Crippen molar-refractivity contribution in [3.63, 3.8) is 0 Å². The number of benzene rings is 7. The van der Waals surface area contributed by atoms with E-state index in [2.05, 4.69) is 180 Å². The van der Waals surface area contributed by atoms with Crippen LogP contribution in [0.15, 0.2) is 189 Å². The van der Waals surface area contributed by atoms with Crippen molar-refractivity contribution >= 4 is 89.2 Å². The highest BCUT2D eigenvalue weighted by Crippen LogP contribution is 2.52. The van der Waals surface area contributed by atoms with Crippen LogP contribution < -0.4 is 9.80 Å². The molecule has 224 valence electrons. The van der Waals surface area contributed by atoms with Crippen LogP contribution in [0.2, 0.25) is 0 Å². The highest BCUT2D eigenvalue weighted by atomic mass is 32.2. The number of hydrogen-bond acceptors (Lipinski definition) is 5. The Labute approximate surface area is 286 Å². The van der Waals surface area contributed by atoms with Crippen molar-refractivity contribution in [3.05, 3.63) is 170 Å². The summed E-state index contributed by atoms with van der Waals surface area (Å²) in [6, 6.07) is 61.3. The topological polar surface area (TPSA) is 6.48 Å². The van der Waals surface area contributed by atoms with E-state index >= 15 is 0 Å². The summed E-state index contributed by atoms with van der Waals surface area (Å²) in [6.45, 7) is 0. The fraction of sp³-hybridized carbons (Fsp3) is 0. The maximum atomic E-state index is 2.38. The van der Waals surface area contributed by atoms with Gasteiger partial charge in [-0.3, -0.25) is 0 Å². The van der Waals surface area contributed by atoms with E-state index in [0.29, 0.717) is 0 Å². The number of para-hydroxylation sites is 3. The van der Waals surface area contributed by atoms with Crippen LogP contribution in [0.3, 0.4) is 0 Å². The second kappa shape index (κ2) is 12.0. The van der Waals surface area contributed by atoms with Gasteiger partial charge < -0.3 is 9.80 Å². The van der Waals surface area contributed by atoms with E-state index in [9.17, 15) is 0 Å². The van der Waals surface area contributed by atoms with Gasteiger partial charge in [-0.2, -0.15) is 0 Å². The SMILES string of the molecule is c1ccc(N(c2ccccc2)c2ccc3c(c2)Sc2ccc(N(c4ccccc4)c4ccc5sc6ccccc6c5c4)cc2S3)cc1. The Morgan fingerprint density at radius 1 is 0.298 bits per heavy atom. The number of hydrogen-bond donors (Lipinski definition) is 0. The third-order valence-electron chi connectivity index (χ3n) is 8.47. The molecule has 0 atom stereocenters. The molecule has 9 rings (SSSR count). The second-order valence-corrected chi connectivity index (χ2v) is 14.7. The molecule has 2 nitrogen and oxygen atoms in total. The van der Waals surface area contributed by atoms with Gasteiger partial charge in [0.25, 0.3) is 0 Å². The molecule has 5 heteroatoms. The van der Waals surface area contributed by atoms with Crippen LogP contribution in [0.1, 0.15) is 0 Å². The largest absolute Gasteiger partial charge is 0.310 e. The molecule has 0 unspecified atom stereocenters. The van der Waals surface area contributed by atoms with E-state index in [1.807, 2.05) is 34.9 Å². The third kappa shape index (κ3) is 5.27. The van der Waals surface area contributed by atoms with Gasteiger partial charge in [0.2, 0.25) is 0 Å². The van der Waals surface area contributed by atoms with Crippen LogP contribution in [-0.4, -0.2) is 0 Å². The zero-order chi connectivity index (χ0) is 31.2. The molecule has 0 amide bonds. The van der Waals surface area contributed by atoms with E-state index in [0.717, 1.165) is 34.1 Å². The molecule has 8 aromatic rings. The minimum Gasteiger partial charge on any atom is -0.310 e. The summed E-state index contributed by atoms with van der Waals surface area (Å²) in [4.78, 5) is 9.82. The molecule has 0 spiro atoms. The summed E-state index contributed by atoms with van der Waals surface area (Å²) in [6.07, 6.45) is 0. The smallest absolute Gasteiger partial charge is 0.0473 e. The molecule has 0 radical (unpaired) electrons. The first-order valence-electron chi connectivity index (χ1n) is 15.6. The molecule has 1 aromatic heterocycles. The van der Waals surface area contributed by atoms with Gasteiger partial charge in [-0.1, -0.05) is 96.3 Å². The summed E-state index contributed by atoms with van der Waals surface area (Å²) >= 11 is 5.57. The lowest BCUT2D eigenvalue weighted by Gasteiger charge is -2.29. The second-order valence-electron chi connectivity index (χ2n) is 11.4. The average molecular weight is 657 g/mol. The van der Waals surface area contributed by atoms with Crippen molar-refractivity contribution in [2.45, 2.75) is 19.6 Å². The Morgan fingerprint density at radius 3 is 1.28 bits per heavy atom. The Hall–Kier alpha value is -4.94. The fourth-order valence-corrected chi connectivity index (χ4v) is 9.66. The van der Waals surface area contributed by atoms with Gasteiger partial charge in [0.05, 0.1) is 0 Å². The Kier molecular flexibility index (Phi) is 7.23. The molecule has 0 N–H and O–H groups in total. The first kappa shape index (κ1) is 28.3. The van der Waals surface area contributed by atoms with E-state index in [1.165, 1.54) is 39.8 Å². The van der Waals surface area contributed by atoms with Crippen LogP contribution in [0, 0.1) is 0 Å². The molecular weight excluding hydrogens is 629 g/mol.